The summed E-state index contributed by atoms with van der Waals surface area (Å²) < 4.78 is 15.7. The number of Topliss-reactive ketones (excluding diaryl/α,β-unsaturated/α-hetero) is 1. The minimum Gasteiger partial charge on any atom is -0.298 e. The maximum absolute atomic E-state index is 13.6. The summed E-state index contributed by atoms with van der Waals surface area (Å²) in [4.78, 5) is 16.0. The molecule has 1 aliphatic heterocycles. The van der Waals surface area contributed by atoms with E-state index in [0.717, 1.165) is 73.3 Å². The Morgan fingerprint density at radius 2 is 1.61 bits per heavy atom. The van der Waals surface area contributed by atoms with Crippen molar-refractivity contribution in [3.63, 3.8) is 0 Å². The number of rotatable bonds is 7. The van der Waals surface area contributed by atoms with Gasteiger partial charge in [-0.3, -0.25) is 14.3 Å². The highest BCUT2D eigenvalue weighted by Gasteiger charge is 2.54. The molecule has 5 nitrogen and oxygen atoms in total. The number of aromatic nitrogens is 3. The molecule has 4 bridgehead atoms. The van der Waals surface area contributed by atoms with E-state index >= 15 is 0 Å². The maximum Gasteiger partial charge on any atom is 0.196 e. The van der Waals surface area contributed by atoms with Crippen LogP contribution in [0.25, 0.3) is 5.69 Å². The van der Waals surface area contributed by atoms with E-state index in [0.29, 0.717) is 11.5 Å². The molecule has 0 amide bonds. The van der Waals surface area contributed by atoms with Gasteiger partial charge in [0, 0.05) is 11.1 Å². The fourth-order valence-corrected chi connectivity index (χ4v) is 8.40. The first-order valence-corrected chi connectivity index (χ1v) is 13.7. The standard InChI is InChI=1S/C26H33FN4OS/c27-21-4-6-22(7-5-21)31-24(16-30-8-2-1-3-9-30)28-29-25(31)33-17-23(32)26-13-18-10-19(14-26)12-20(11-18)15-26/h4-7,18-20H,1-3,8-17H2. The van der Waals surface area contributed by atoms with Crippen LogP contribution >= 0.6 is 11.8 Å². The van der Waals surface area contributed by atoms with Crippen molar-refractivity contribution >= 4 is 17.5 Å². The van der Waals surface area contributed by atoms with Crippen molar-refractivity contribution < 1.29 is 9.18 Å². The zero-order valence-electron chi connectivity index (χ0n) is 19.2. The van der Waals surface area contributed by atoms with Crippen molar-refractivity contribution in [2.24, 2.45) is 23.2 Å². The molecule has 33 heavy (non-hydrogen) atoms. The molecule has 0 radical (unpaired) electrons. The second-order valence-corrected chi connectivity index (χ2v) is 11.9. The first-order chi connectivity index (χ1) is 16.1. The van der Waals surface area contributed by atoms with Crippen LogP contribution in [0.5, 0.6) is 0 Å². The lowest BCUT2D eigenvalue weighted by Crippen LogP contribution is -2.50. The number of carbonyl (C=O) groups is 1. The van der Waals surface area contributed by atoms with E-state index in [4.69, 9.17) is 0 Å². The SMILES string of the molecule is O=C(CSc1nnc(CN2CCCCC2)n1-c1ccc(F)cc1)C12CC3CC(CC(C3)C1)C2. The fourth-order valence-electron chi connectivity index (χ4n) is 7.40. The number of piperidine rings is 1. The Bertz CT molecular complexity index is 979. The van der Waals surface area contributed by atoms with Crippen molar-refractivity contribution in [2.75, 3.05) is 18.8 Å². The van der Waals surface area contributed by atoms with Crippen LogP contribution < -0.4 is 0 Å². The summed E-state index contributed by atoms with van der Waals surface area (Å²) in [6, 6.07) is 6.52. The summed E-state index contributed by atoms with van der Waals surface area (Å²) in [5.74, 6) is 3.79. The van der Waals surface area contributed by atoms with Gasteiger partial charge < -0.3 is 0 Å². The van der Waals surface area contributed by atoms with E-state index in [-0.39, 0.29) is 11.2 Å². The van der Waals surface area contributed by atoms with Crippen LogP contribution in [0.1, 0.15) is 63.6 Å². The fraction of sp³-hybridized carbons (Fsp3) is 0.654. The summed E-state index contributed by atoms with van der Waals surface area (Å²) in [5.41, 5.74) is 0.775. The maximum atomic E-state index is 13.6. The van der Waals surface area contributed by atoms with Crippen LogP contribution in [0.3, 0.4) is 0 Å². The molecule has 5 aliphatic rings. The van der Waals surface area contributed by atoms with Crippen molar-refractivity contribution in [2.45, 2.75) is 69.5 Å². The van der Waals surface area contributed by atoms with Gasteiger partial charge in [-0.1, -0.05) is 18.2 Å². The Labute approximate surface area is 199 Å². The molecular weight excluding hydrogens is 435 g/mol. The summed E-state index contributed by atoms with van der Waals surface area (Å²) in [7, 11) is 0. The highest BCUT2D eigenvalue weighted by atomic mass is 32.2. The molecule has 1 saturated heterocycles. The molecule has 0 spiro atoms. The van der Waals surface area contributed by atoms with Gasteiger partial charge in [-0.2, -0.15) is 0 Å². The van der Waals surface area contributed by atoms with Gasteiger partial charge in [0.1, 0.15) is 11.6 Å². The lowest BCUT2D eigenvalue weighted by molar-refractivity contribution is -0.141. The molecule has 7 rings (SSSR count). The van der Waals surface area contributed by atoms with Gasteiger partial charge in [-0.15, -0.1) is 10.2 Å². The van der Waals surface area contributed by atoms with Crippen LogP contribution in [-0.4, -0.2) is 44.3 Å². The third-order valence-corrected chi connectivity index (χ3v) is 9.49. The van der Waals surface area contributed by atoms with Gasteiger partial charge in [-0.25, -0.2) is 4.39 Å². The van der Waals surface area contributed by atoms with Gasteiger partial charge >= 0.3 is 0 Å². The van der Waals surface area contributed by atoms with E-state index < -0.39 is 0 Å². The average molecular weight is 469 g/mol. The highest BCUT2D eigenvalue weighted by molar-refractivity contribution is 7.99. The monoisotopic (exact) mass is 468 g/mol. The number of likely N-dealkylation sites (tertiary alicyclic amines) is 1. The number of hydrogen-bond donors (Lipinski definition) is 0. The number of ketones is 1. The van der Waals surface area contributed by atoms with Crippen LogP contribution in [0.15, 0.2) is 29.4 Å². The molecule has 0 atom stereocenters. The second kappa shape index (κ2) is 8.81. The van der Waals surface area contributed by atoms with Crippen molar-refractivity contribution in [3.05, 3.63) is 35.9 Å². The molecule has 4 aliphatic carbocycles. The number of hydrogen-bond acceptors (Lipinski definition) is 5. The van der Waals surface area contributed by atoms with E-state index in [1.54, 1.807) is 12.1 Å². The first kappa shape index (κ1) is 21.8. The van der Waals surface area contributed by atoms with Crippen molar-refractivity contribution in [3.8, 4) is 5.69 Å². The number of thioether (sulfide) groups is 1. The predicted octanol–water partition coefficient (Wildman–Crippen LogP) is 5.27. The normalized spacial score (nSPS) is 31.2. The van der Waals surface area contributed by atoms with E-state index in [1.165, 1.54) is 62.4 Å². The van der Waals surface area contributed by atoms with Gasteiger partial charge in [0.25, 0.3) is 0 Å². The van der Waals surface area contributed by atoms with E-state index in [9.17, 15) is 9.18 Å². The Kier molecular flexibility index (Phi) is 5.81. The second-order valence-electron chi connectivity index (χ2n) is 11.0. The summed E-state index contributed by atoms with van der Waals surface area (Å²) in [6.07, 6.45) is 11.1. The minimum atomic E-state index is -0.254. The smallest absolute Gasteiger partial charge is 0.196 e. The third kappa shape index (κ3) is 4.27. The first-order valence-electron chi connectivity index (χ1n) is 12.7. The number of halogens is 1. The molecule has 2 aromatic rings. The molecule has 4 saturated carbocycles. The zero-order chi connectivity index (χ0) is 22.4. The Balaban J connectivity index is 1.22. The average Bonchev–Trinajstić information content (AvgIpc) is 3.20. The third-order valence-electron chi connectivity index (χ3n) is 8.56. The molecule has 1 aromatic carbocycles. The molecule has 0 unspecified atom stereocenters. The largest absolute Gasteiger partial charge is 0.298 e. The van der Waals surface area contributed by atoms with Crippen LogP contribution in [0, 0.1) is 29.0 Å². The van der Waals surface area contributed by atoms with Crippen LogP contribution in [0.2, 0.25) is 0 Å². The molecule has 1 aromatic heterocycles. The minimum absolute atomic E-state index is 0.0842. The predicted molar refractivity (Wildman–Crippen MR) is 127 cm³/mol. The van der Waals surface area contributed by atoms with Gasteiger partial charge in [0.05, 0.1) is 12.3 Å². The molecule has 7 heteroatoms. The molecule has 5 fully saturated rings. The topological polar surface area (TPSA) is 51.0 Å². The van der Waals surface area contributed by atoms with E-state index in [1.807, 2.05) is 4.57 Å². The van der Waals surface area contributed by atoms with Gasteiger partial charge in [-0.05, 0) is 106 Å². The molecule has 0 N–H and O–H groups in total. The van der Waals surface area contributed by atoms with Gasteiger partial charge in [0.15, 0.2) is 11.0 Å². The lowest BCUT2D eigenvalue weighted by atomic mass is 9.48. The summed E-state index contributed by atoms with van der Waals surface area (Å²) in [5, 5.41) is 9.77. The van der Waals surface area contributed by atoms with E-state index in [2.05, 4.69) is 15.1 Å². The van der Waals surface area contributed by atoms with Crippen molar-refractivity contribution in [1.82, 2.24) is 19.7 Å². The van der Waals surface area contributed by atoms with Gasteiger partial charge in [0.2, 0.25) is 0 Å². The highest BCUT2D eigenvalue weighted by Crippen LogP contribution is 2.60. The van der Waals surface area contributed by atoms with Crippen molar-refractivity contribution in [1.29, 1.82) is 0 Å². The van der Waals surface area contributed by atoms with Crippen LogP contribution in [-0.2, 0) is 11.3 Å². The Morgan fingerprint density at radius 3 is 2.24 bits per heavy atom. The van der Waals surface area contributed by atoms with Crippen LogP contribution in [0.4, 0.5) is 4.39 Å². The number of benzene rings is 1. The Morgan fingerprint density at radius 1 is 0.970 bits per heavy atom. The Hall–Kier alpha value is -1.73. The summed E-state index contributed by atoms with van der Waals surface area (Å²) >= 11 is 1.51. The molecule has 2 heterocycles. The number of carbonyl (C=O) groups excluding carboxylic acids is 1. The quantitative estimate of drug-likeness (QED) is 0.518. The zero-order valence-corrected chi connectivity index (χ0v) is 20.0. The lowest BCUT2D eigenvalue weighted by Gasteiger charge is -2.56. The molecular formula is C26H33FN4OS. The summed E-state index contributed by atoms with van der Waals surface area (Å²) in [6.45, 7) is 2.88. The number of nitrogens with zero attached hydrogens (tertiary/aromatic N) is 4. The molecule has 176 valence electrons.